The van der Waals surface area contributed by atoms with E-state index in [0.717, 1.165) is 5.56 Å². The average Bonchev–Trinajstić information content (AvgIpc) is 2.19. The van der Waals surface area contributed by atoms with E-state index in [4.69, 9.17) is 0 Å². The SMILES string of the molecule is [CH2]C#Cc1ccsc1. The summed E-state index contributed by atoms with van der Waals surface area (Å²) < 4.78 is 0. The van der Waals surface area contributed by atoms with Crippen molar-refractivity contribution in [3.8, 4) is 11.8 Å². The van der Waals surface area contributed by atoms with Crippen LogP contribution < -0.4 is 0 Å². The third-order valence-corrected chi connectivity index (χ3v) is 1.44. The quantitative estimate of drug-likeness (QED) is 0.460. The Balaban J connectivity index is 2.88. The lowest BCUT2D eigenvalue weighted by Gasteiger charge is -1.69. The highest BCUT2D eigenvalue weighted by molar-refractivity contribution is 7.08. The summed E-state index contributed by atoms with van der Waals surface area (Å²) >= 11 is 1.65. The Morgan fingerprint density at radius 3 is 3.00 bits per heavy atom. The maximum Gasteiger partial charge on any atom is 0.0352 e. The number of hydrogen-bond acceptors (Lipinski definition) is 1. The average molecular weight is 121 g/mol. The molecule has 8 heavy (non-hydrogen) atoms. The second-order valence-electron chi connectivity index (χ2n) is 1.31. The van der Waals surface area contributed by atoms with Gasteiger partial charge in [0.25, 0.3) is 0 Å². The van der Waals surface area contributed by atoms with Crippen molar-refractivity contribution in [2.24, 2.45) is 0 Å². The highest BCUT2D eigenvalue weighted by Crippen LogP contribution is 2.02. The van der Waals surface area contributed by atoms with Crippen LogP contribution in [0.4, 0.5) is 0 Å². The summed E-state index contributed by atoms with van der Waals surface area (Å²) in [5.74, 6) is 5.41. The van der Waals surface area contributed by atoms with Crippen molar-refractivity contribution < 1.29 is 0 Å². The first-order valence-electron chi connectivity index (χ1n) is 2.24. The maximum atomic E-state index is 3.40. The lowest BCUT2D eigenvalue weighted by Crippen LogP contribution is -1.57. The van der Waals surface area contributed by atoms with E-state index in [9.17, 15) is 0 Å². The van der Waals surface area contributed by atoms with E-state index in [0.29, 0.717) is 0 Å². The molecule has 0 fully saturated rings. The Morgan fingerprint density at radius 1 is 1.62 bits per heavy atom. The normalized spacial score (nSPS) is 7.62. The van der Waals surface area contributed by atoms with E-state index >= 15 is 0 Å². The fraction of sp³-hybridized carbons (Fsp3) is 0. The first kappa shape index (κ1) is 5.40. The zero-order valence-electron chi connectivity index (χ0n) is 4.35. The van der Waals surface area contributed by atoms with Gasteiger partial charge in [-0.15, -0.1) is 0 Å². The predicted octanol–water partition coefficient (Wildman–Crippen LogP) is 1.93. The lowest BCUT2D eigenvalue weighted by atomic mass is 10.3. The molecule has 1 heteroatoms. The van der Waals surface area contributed by atoms with Crippen molar-refractivity contribution in [1.82, 2.24) is 0 Å². The predicted molar refractivity (Wildman–Crippen MR) is 36.6 cm³/mol. The van der Waals surface area contributed by atoms with Crippen LogP contribution in [0, 0.1) is 18.8 Å². The molecular weight excluding hydrogens is 116 g/mol. The van der Waals surface area contributed by atoms with Gasteiger partial charge >= 0.3 is 0 Å². The lowest BCUT2D eigenvalue weighted by molar-refractivity contribution is 1.86. The number of thiophene rings is 1. The van der Waals surface area contributed by atoms with Crippen LogP contribution in [0.3, 0.4) is 0 Å². The van der Waals surface area contributed by atoms with E-state index in [-0.39, 0.29) is 0 Å². The summed E-state index contributed by atoms with van der Waals surface area (Å²) in [6.07, 6.45) is 0. The molecule has 0 aliphatic rings. The van der Waals surface area contributed by atoms with Crippen LogP contribution in [-0.2, 0) is 0 Å². The van der Waals surface area contributed by atoms with Crippen LogP contribution >= 0.6 is 11.3 Å². The van der Waals surface area contributed by atoms with Crippen molar-refractivity contribution in [1.29, 1.82) is 0 Å². The zero-order chi connectivity index (χ0) is 5.82. The molecule has 0 saturated heterocycles. The summed E-state index contributed by atoms with van der Waals surface area (Å²) in [6, 6.07) is 1.98. The van der Waals surface area contributed by atoms with Gasteiger partial charge in [-0.05, 0) is 11.4 Å². The van der Waals surface area contributed by atoms with Gasteiger partial charge in [0.15, 0.2) is 0 Å². The van der Waals surface area contributed by atoms with Gasteiger partial charge in [0, 0.05) is 17.9 Å². The van der Waals surface area contributed by atoms with Crippen LogP contribution in [0.5, 0.6) is 0 Å². The molecule has 0 N–H and O–H groups in total. The molecule has 0 nitrogen and oxygen atoms in total. The van der Waals surface area contributed by atoms with Crippen molar-refractivity contribution in [3.05, 3.63) is 29.3 Å². The summed E-state index contributed by atoms with van der Waals surface area (Å²) in [7, 11) is 0. The van der Waals surface area contributed by atoms with E-state index in [1.807, 2.05) is 16.8 Å². The number of hydrogen-bond donors (Lipinski definition) is 0. The molecular formula is C7H5S. The minimum Gasteiger partial charge on any atom is -0.151 e. The standard InChI is InChI=1S/C7H5S/c1-2-3-7-4-5-8-6-7/h4-6H,1H2. The van der Waals surface area contributed by atoms with Crippen molar-refractivity contribution in [3.63, 3.8) is 0 Å². The molecule has 1 radical (unpaired) electrons. The Hall–Kier alpha value is -0.740. The molecule has 0 aromatic carbocycles. The third-order valence-electron chi connectivity index (χ3n) is 0.754. The molecule has 1 aromatic rings. The molecule has 0 aliphatic carbocycles. The van der Waals surface area contributed by atoms with Crippen LogP contribution in [0.15, 0.2) is 16.8 Å². The van der Waals surface area contributed by atoms with Crippen LogP contribution in [-0.4, -0.2) is 0 Å². The Bertz CT molecular complexity index is 198. The van der Waals surface area contributed by atoms with Crippen LogP contribution in [0.25, 0.3) is 0 Å². The second-order valence-corrected chi connectivity index (χ2v) is 2.09. The highest BCUT2D eigenvalue weighted by atomic mass is 32.1. The summed E-state index contributed by atoms with van der Waals surface area (Å²) in [6.45, 7) is 3.40. The van der Waals surface area contributed by atoms with Gasteiger partial charge < -0.3 is 0 Å². The summed E-state index contributed by atoms with van der Waals surface area (Å²) in [4.78, 5) is 0. The van der Waals surface area contributed by atoms with Crippen molar-refractivity contribution in [2.45, 2.75) is 0 Å². The molecule has 0 aliphatic heterocycles. The van der Waals surface area contributed by atoms with Gasteiger partial charge in [0.05, 0.1) is 0 Å². The van der Waals surface area contributed by atoms with Gasteiger partial charge in [-0.25, -0.2) is 0 Å². The van der Waals surface area contributed by atoms with Gasteiger partial charge in [0.2, 0.25) is 0 Å². The van der Waals surface area contributed by atoms with Crippen LogP contribution in [0.1, 0.15) is 5.56 Å². The molecule has 1 heterocycles. The Labute approximate surface area is 53.2 Å². The summed E-state index contributed by atoms with van der Waals surface area (Å²) in [5, 5.41) is 4.00. The van der Waals surface area contributed by atoms with E-state index in [1.54, 1.807) is 11.3 Å². The third kappa shape index (κ3) is 1.11. The summed E-state index contributed by atoms with van der Waals surface area (Å²) in [5.41, 5.74) is 1.06. The molecule has 0 bridgehead atoms. The van der Waals surface area contributed by atoms with Crippen LogP contribution in [0.2, 0.25) is 0 Å². The minimum absolute atomic E-state index is 1.06. The van der Waals surface area contributed by atoms with E-state index in [1.165, 1.54) is 0 Å². The Kier molecular flexibility index (Phi) is 1.71. The van der Waals surface area contributed by atoms with Gasteiger partial charge in [0.1, 0.15) is 0 Å². The molecule has 0 spiro atoms. The minimum atomic E-state index is 1.06. The fourth-order valence-electron chi connectivity index (χ4n) is 0.438. The van der Waals surface area contributed by atoms with Crippen molar-refractivity contribution >= 4 is 11.3 Å². The smallest absolute Gasteiger partial charge is 0.0352 e. The highest BCUT2D eigenvalue weighted by Gasteiger charge is 1.80. The van der Waals surface area contributed by atoms with E-state index < -0.39 is 0 Å². The van der Waals surface area contributed by atoms with Gasteiger partial charge in [-0.1, -0.05) is 11.8 Å². The molecule has 0 atom stereocenters. The fourth-order valence-corrected chi connectivity index (χ4v) is 1.03. The Morgan fingerprint density at radius 2 is 2.50 bits per heavy atom. The molecule has 0 unspecified atom stereocenters. The first-order chi connectivity index (χ1) is 3.93. The molecule has 1 rings (SSSR count). The monoisotopic (exact) mass is 121 g/mol. The molecule has 1 aromatic heterocycles. The molecule has 39 valence electrons. The van der Waals surface area contributed by atoms with Gasteiger partial charge in [-0.2, -0.15) is 11.3 Å². The largest absolute Gasteiger partial charge is 0.151 e. The molecule has 0 saturated carbocycles. The zero-order valence-corrected chi connectivity index (χ0v) is 5.16. The van der Waals surface area contributed by atoms with Gasteiger partial charge in [-0.3, -0.25) is 0 Å². The van der Waals surface area contributed by atoms with Crippen molar-refractivity contribution in [2.75, 3.05) is 0 Å². The number of rotatable bonds is 0. The van der Waals surface area contributed by atoms with E-state index in [2.05, 4.69) is 18.8 Å². The first-order valence-corrected chi connectivity index (χ1v) is 3.18. The second kappa shape index (κ2) is 2.54. The maximum absolute atomic E-state index is 3.40. The topological polar surface area (TPSA) is 0 Å². The molecule has 0 amide bonds.